The van der Waals surface area contributed by atoms with Crippen molar-refractivity contribution >= 4 is 0 Å². The molecule has 4 nitrogen and oxygen atoms in total. The minimum Gasteiger partial charge on any atom is -0.394 e. The van der Waals surface area contributed by atoms with Crippen molar-refractivity contribution in [2.45, 2.75) is 58.2 Å². The summed E-state index contributed by atoms with van der Waals surface area (Å²) in [7, 11) is 2.17. The second-order valence-electron chi connectivity index (χ2n) is 6.64. The van der Waals surface area contributed by atoms with Crippen molar-refractivity contribution in [2.24, 2.45) is 0 Å². The quantitative estimate of drug-likeness (QED) is 0.695. The van der Waals surface area contributed by atoms with E-state index in [4.69, 9.17) is 0 Å². The Hall–Kier alpha value is -0.160. The molecular formula is C15H33N3O. The number of nitrogens with one attached hydrogen (secondary N) is 1. The average molecular weight is 271 g/mol. The standard InChI is InChI=1S/C15H33N3O/c1-6-18-9-7-8-14(18)10-17(5)11-15(4,12-19)16-13(2)3/h13-14,16,19H,6-12H2,1-5H3. The molecule has 114 valence electrons. The SMILES string of the molecule is CCN1CCCC1CN(C)CC(C)(CO)NC(C)C. The van der Waals surface area contributed by atoms with Gasteiger partial charge in [-0.25, -0.2) is 0 Å². The van der Waals surface area contributed by atoms with Gasteiger partial charge in [-0.2, -0.15) is 0 Å². The lowest BCUT2D eigenvalue weighted by Crippen LogP contribution is -2.56. The lowest BCUT2D eigenvalue weighted by Gasteiger charge is -2.37. The molecule has 0 aromatic rings. The Bertz CT molecular complexity index is 260. The molecule has 2 atom stereocenters. The molecule has 0 aromatic heterocycles. The molecule has 0 radical (unpaired) electrons. The van der Waals surface area contributed by atoms with E-state index >= 15 is 0 Å². The van der Waals surface area contributed by atoms with Crippen molar-refractivity contribution in [3.63, 3.8) is 0 Å². The van der Waals surface area contributed by atoms with Crippen LogP contribution in [0, 0.1) is 0 Å². The van der Waals surface area contributed by atoms with Gasteiger partial charge in [-0.3, -0.25) is 4.90 Å². The van der Waals surface area contributed by atoms with Crippen LogP contribution in [-0.2, 0) is 0 Å². The smallest absolute Gasteiger partial charge is 0.0623 e. The summed E-state index contributed by atoms with van der Waals surface area (Å²) >= 11 is 0. The molecule has 19 heavy (non-hydrogen) atoms. The molecule has 1 saturated heterocycles. The monoisotopic (exact) mass is 271 g/mol. The van der Waals surface area contributed by atoms with Gasteiger partial charge in [-0.15, -0.1) is 0 Å². The maximum Gasteiger partial charge on any atom is 0.0623 e. The molecule has 1 fully saturated rings. The Morgan fingerprint density at radius 3 is 2.68 bits per heavy atom. The van der Waals surface area contributed by atoms with E-state index in [1.807, 2.05) is 0 Å². The molecule has 2 N–H and O–H groups in total. The Balaban J connectivity index is 2.46. The van der Waals surface area contributed by atoms with Gasteiger partial charge in [0.2, 0.25) is 0 Å². The summed E-state index contributed by atoms with van der Waals surface area (Å²) in [5.74, 6) is 0. The summed E-state index contributed by atoms with van der Waals surface area (Å²) < 4.78 is 0. The molecule has 0 bridgehead atoms. The van der Waals surface area contributed by atoms with Crippen molar-refractivity contribution < 1.29 is 5.11 Å². The van der Waals surface area contributed by atoms with Gasteiger partial charge >= 0.3 is 0 Å². The summed E-state index contributed by atoms with van der Waals surface area (Å²) in [6.07, 6.45) is 2.64. The first kappa shape index (κ1) is 16.9. The van der Waals surface area contributed by atoms with E-state index in [9.17, 15) is 5.11 Å². The number of likely N-dealkylation sites (tertiary alicyclic amines) is 1. The predicted octanol–water partition coefficient (Wildman–Crippen LogP) is 1.15. The lowest BCUT2D eigenvalue weighted by atomic mass is 10.0. The van der Waals surface area contributed by atoms with Crippen LogP contribution in [-0.4, -0.2) is 72.4 Å². The van der Waals surface area contributed by atoms with Crippen LogP contribution >= 0.6 is 0 Å². The third-order valence-corrected chi connectivity index (χ3v) is 4.03. The maximum atomic E-state index is 9.64. The van der Waals surface area contributed by atoms with Gasteiger partial charge in [0.15, 0.2) is 0 Å². The van der Waals surface area contributed by atoms with Crippen LogP contribution in [0.1, 0.15) is 40.5 Å². The number of rotatable bonds is 8. The van der Waals surface area contributed by atoms with Crippen molar-refractivity contribution in [3.8, 4) is 0 Å². The fraction of sp³-hybridized carbons (Fsp3) is 1.00. The second-order valence-corrected chi connectivity index (χ2v) is 6.64. The number of nitrogens with zero attached hydrogens (tertiary/aromatic N) is 2. The van der Waals surface area contributed by atoms with E-state index in [0.29, 0.717) is 12.1 Å². The van der Waals surface area contributed by atoms with Crippen LogP contribution in [0.25, 0.3) is 0 Å². The van der Waals surface area contributed by atoms with Crippen molar-refractivity contribution in [2.75, 3.05) is 39.8 Å². The van der Waals surface area contributed by atoms with Gasteiger partial charge in [0, 0.05) is 25.2 Å². The number of hydrogen-bond donors (Lipinski definition) is 2. The van der Waals surface area contributed by atoms with Crippen LogP contribution < -0.4 is 5.32 Å². The number of aliphatic hydroxyl groups is 1. The van der Waals surface area contributed by atoms with E-state index in [1.54, 1.807) is 0 Å². The molecule has 0 aliphatic carbocycles. The van der Waals surface area contributed by atoms with Gasteiger partial charge in [-0.05, 0) is 39.9 Å². The highest BCUT2D eigenvalue weighted by molar-refractivity contribution is 4.89. The minimum absolute atomic E-state index is 0.178. The van der Waals surface area contributed by atoms with Crippen LogP contribution in [0.5, 0.6) is 0 Å². The van der Waals surface area contributed by atoms with Crippen LogP contribution in [0.3, 0.4) is 0 Å². The van der Waals surface area contributed by atoms with Crippen LogP contribution in [0.4, 0.5) is 0 Å². The Kier molecular flexibility index (Phi) is 6.74. The van der Waals surface area contributed by atoms with Crippen molar-refractivity contribution in [3.05, 3.63) is 0 Å². The molecule has 2 unspecified atom stereocenters. The van der Waals surface area contributed by atoms with Gasteiger partial charge in [0.05, 0.1) is 12.1 Å². The Labute approximate surface area is 119 Å². The molecule has 0 amide bonds. The highest BCUT2D eigenvalue weighted by atomic mass is 16.3. The largest absolute Gasteiger partial charge is 0.394 e. The van der Waals surface area contributed by atoms with Crippen LogP contribution in [0.15, 0.2) is 0 Å². The third kappa shape index (κ3) is 5.38. The van der Waals surface area contributed by atoms with E-state index in [2.05, 4.69) is 49.9 Å². The summed E-state index contributed by atoms with van der Waals surface area (Å²) in [6, 6.07) is 1.08. The zero-order valence-corrected chi connectivity index (χ0v) is 13.4. The van der Waals surface area contributed by atoms with Gasteiger partial charge < -0.3 is 15.3 Å². The predicted molar refractivity (Wildman–Crippen MR) is 81.5 cm³/mol. The zero-order chi connectivity index (χ0) is 14.5. The first-order valence-electron chi connectivity index (χ1n) is 7.71. The highest BCUT2D eigenvalue weighted by Crippen LogP contribution is 2.18. The molecule has 4 heteroatoms. The highest BCUT2D eigenvalue weighted by Gasteiger charge is 2.29. The fourth-order valence-electron chi connectivity index (χ4n) is 3.38. The molecule has 1 aliphatic heterocycles. The van der Waals surface area contributed by atoms with Gasteiger partial charge in [-0.1, -0.05) is 20.8 Å². The van der Waals surface area contributed by atoms with Gasteiger partial charge in [0.25, 0.3) is 0 Å². The summed E-state index contributed by atoms with van der Waals surface area (Å²) in [5.41, 5.74) is -0.210. The molecule has 0 aromatic carbocycles. The number of likely N-dealkylation sites (N-methyl/N-ethyl adjacent to an activating group) is 2. The normalized spacial score (nSPS) is 24.3. The summed E-state index contributed by atoms with van der Waals surface area (Å²) in [4.78, 5) is 4.94. The molecular weight excluding hydrogens is 238 g/mol. The molecule has 1 rings (SSSR count). The first-order chi connectivity index (χ1) is 8.90. The van der Waals surface area contributed by atoms with E-state index in [-0.39, 0.29) is 12.1 Å². The topological polar surface area (TPSA) is 38.7 Å². The van der Waals surface area contributed by atoms with Crippen LogP contribution in [0.2, 0.25) is 0 Å². The number of hydrogen-bond acceptors (Lipinski definition) is 4. The fourth-order valence-corrected chi connectivity index (χ4v) is 3.38. The lowest BCUT2D eigenvalue weighted by molar-refractivity contribution is 0.110. The van der Waals surface area contributed by atoms with E-state index < -0.39 is 0 Å². The van der Waals surface area contributed by atoms with E-state index in [0.717, 1.165) is 19.6 Å². The Morgan fingerprint density at radius 1 is 1.47 bits per heavy atom. The molecule has 0 spiro atoms. The summed E-state index contributed by atoms with van der Waals surface area (Å²) in [6.45, 7) is 13.2. The molecule has 1 heterocycles. The zero-order valence-electron chi connectivity index (χ0n) is 13.4. The second kappa shape index (κ2) is 7.58. The van der Waals surface area contributed by atoms with Crippen molar-refractivity contribution in [1.82, 2.24) is 15.1 Å². The van der Waals surface area contributed by atoms with E-state index in [1.165, 1.54) is 19.4 Å². The molecule has 1 aliphatic rings. The first-order valence-corrected chi connectivity index (χ1v) is 7.71. The van der Waals surface area contributed by atoms with Gasteiger partial charge in [0.1, 0.15) is 0 Å². The Morgan fingerprint density at radius 2 is 2.16 bits per heavy atom. The number of aliphatic hydroxyl groups excluding tert-OH is 1. The summed E-state index contributed by atoms with van der Waals surface area (Å²) in [5, 5.41) is 13.1. The average Bonchev–Trinajstić information content (AvgIpc) is 2.74. The maximum absolute atomic E-state index is 9.64. The third-order valence-electron chi connectivity index (χ3n) is 4.03. The van der Waals surface area contributed by atoms with Crippen molar-refractivity contribution in [1.29, 1.82) is 0 Å². The molecule has 0 saturated carbocycles. The minimum atomic E-state index is -0.210.